The van der Waals surface area contributed by atoms with Gasteiger partial charge in [-0.05, 0) is 61.0 Å². The quantitative estimate of drug-likeness (QED) is 0.160. The number of rotatable bonds is 8. The zero-order valence-electron chi connectivity index (χ0n) is 23.7. The van der Waals surface area contributed by atoms with E-state index in [4.69, 9.17) is 10.2 Å². The molecule has 1 aromatic heterocycles. The second-order valence-electron chi connectivity index (χ2n) is 11.0. The van der Waals surface area contributed by atoms with E-state index in [-0.39, 0.29) is 27.7 Å². The number of hydrogen-bond donors (Lipinski definition) is 2. The standard InChI is InChI=1S/C32H32BrF3N3O2Si/c1-20(19-41-42(23-8-6-5-7-9-23)24-12-10-22(11-13-24)31(2,3)4)27-26(39-30(40)21-14-16-38-17-15-21)18-25(37)28(29(27)33)32(34,35)36/h5-18,20H,19,37H2,1-4H3,(H,39,40). The molecule has 219 valence electrons. The van der Waals surface area contributed by atoms with E-state index in [2.05, 4.69) is 71.3 Å². The van der Waals surface area contributed by atoms with E-state index < -0.39 is 38.3 Å². The van der Waals surface area contributed by atoms with Gasteiger partial charge in [0.05, 0.1) is 5.56 Å². The van der Waals surface area contributed by atoms with Crippen molar-refractivity contribution >= 4 is 52.6 Å². The van der Waals surface area contributed by atoms with Crippen molar-refractivity contribution in [3.63, 3.8) is 0 Å². The Hall–Kier alpha value is -3.47. The average Bonchev–Trinajstić information content (AvgIpc) is 2.93. The number of nitrogens with one attached hydrogen (secondary N) is 1. The fourth-order valence-corrected chi connectivity index (χ4v) is 7.70. The Balaban J connectivity index is 1.70. The van der Waals surface area contributed by atoms with Gasteiger partial charge >= 0.3 is 6.18 Å². The summed E-state index contributed by atoms with van der Waals surface area (Å²) in [5, 5.41) is 4.78. The molecule has 0 aliphatic carbocycles. The second-order valence-corrected chi connectivity index (χ2v) is 13.9. The molecular weight excluding hydrogens is 623 g/mol. The Morgan fingerprint density at radius 2 is 1.60 bits per heavy atom. The van der Waals surface area contributed by atoms with Crippen molar-refractivity contribution in [3.05, 3.63) is 112 Å². The van der Waals surface area contributed by atoms with Crippen molar-refractivity contribution < 1.29 is 22.4 Å². The average molecular weight is 656 g/mol. The van der Waals surface area contributed by atoms with Crippen molar-refractivity contribution in [2.75, 3.05) is 17.7 Å². The fraction of sp³-hybridized carbons (Fsp3) is 0.250. The van der Waals surface area contributed by atoms with Gasteiger partial charge in [0, 0.05) is 46.3 Å². The van der Waals surface area contributed by atoms with Crippen LogP contribution in [0.25, 0.3) is 0 Å². The summed E-state index contributed by atoms with van der Waals surface area (Å²) in [4.78, 5) is 16.9. The van der Waals surface area contributed by atoms with Crippen LogP contribution in [-0.2, 0) is 16.0 Å². The van der Waals surface area contributed by atoms with Crippen molar-refractivity contribution in [1.29, 1.82) is 0 Å². The molecule has 3 N–H and O–H groups in total. The van der Waals surface area contributed by atoms with Crippen molar-refractivity contribution in [2.24, 2.45) is 0 Å². The summed E-state index contributed by atoms with van der Waals surface area (Å²) in [6.45, 7) is 8.31. The molecule has 10 heteroatoms. The number of carbonyl (C=O) groups is 1. The van der Waals surface area contributed by atoms with Gasteiger partial charge in [0.15, 0.2) is 0 Å². The van der Waals surface area contributed by atoms with E-state index in [0.717, 1.165) is 16.4 Å². The van der Waals surface area contributed by atoms with E-state index in [1.54, 1.807) is 6.92 Å². The van der Waals surface area contributed by atoms with E-state index in [9.17, 15) is 18.0 Å². The Labute approximate surface area is 254 Å². The molecule has 0 aliphatic heterocycles. The number of nitrogen functional groups attached to an aromatic ring is 1. The number of benzene rings is 3. The minimum atomic E-state index is -4.71. The van der Waals surface area contributed by atoms with Crippen LogP contribution in [0, 0.1) is 0 Å². The van der Waals surface area contributed by atoms with Crippen LogP contribution in [0.15, 0.2) is 89.7 Å². The number of amides is 1. The zero-order valence-corrected chi connectivity index (χ0v) is 26.3. The number of aromatic nitrogens is 1. The molecule has 1 amide bonds. The molecule has 5 nitrogen and oxygen atoms in total. The Morgan fingerprint density at radius 3 is 2.17 bits per heavy atom. The minimum absolute atomic E-state index is 0.0116. The molecule has 1 radical (unpaired) electrons. The monoisotopic (exact) mass is 654 g/mol. The lowest BCUT2D eigenvalue weighted by Crippen LogP contribution is -2.45. The molecule has 0 bridgehead atoms. The Bertz CT molecular complexity index is 1530. The minimum Gasteiger partial charge on any atom is -0.407 e. The second kappa shape index (κ2) is 12.8. The van der Waals surface area contributed by atoms with Gasteiger partial charge in [-0.1, -0.05) is 82.3 Å². The summed E-state index contributed by atoms with van der Waals surface area (Å²) in [6.07, 6.45) is -1.78. The summed E-state index contributed by atoms with van der Waals surface area (Å²) >= 11 is 3.18. The summed E-state index contributed by atoms with van der Waals surface area (Å²) < 4.78 is 48.5. The van der Waals surface area contributed by atoms with Crippen molar-refractivity contribution in [2.45, 2.75) is 45.2 Å². The van der Waals surface area contributed by atoms with Crippen molar-refractivity contribution in [3.8, 4) is 0 Å². The smallest absolute Gasteiger partial charge is 0.407 e. The van der Waals surface area contributed by atoms with Gasteiger partial charge in [-0.2, -0.15) is 13.2 Å². The third-order valence-electron chi connectivity index (χ3n) is 6.83. The van der Waals surface area contributed by atoms with Crippen LogP contribution in [0.3, 0.4) is 0 Å². The molecule has 0 saturated carbocycles. The summed E-state index contributed by atoms with van der Waals surface area (Å²) in [5.74, 6) is -1.04. The topological polar surface area (TPSA) is 77.2 Å². The molecular formula is C32H32BrF3N3O2Si. The van der Waals surface area contributed by atoms with Crippen molar-refractivity contribution in [1.82, 2.24) is 4.98 Å². The molecule has 1 atom stereocenters. The first kappa shape index (κ1) is 31.5. The van der Waals surface area contributed by atoms with E-state index in [1.807, 2.05) is 30.3 Å². The molecule has 3 aromatic carbocycles. The SMILES string of the molecule is CC(CO[Si](c1ccccc1)c1ccc(C(C)(C)C)cc1)c1c(NC(=O)c2ccncc2)cc(N)c(C(F)(F)F)c1Br. The van der Waals surface area contributed by atoms with Crippen LogP contribution in [-0.4, -0.2) is 26.5 Å². The molecule has 0 spiro atoms. The first-order chi connectivity index (χ1) is 19.8. The molecule has 1 heterocycles. The number of alkyl halides is 3. The lowest BCUT2D eigenvalue weighted by Gasteiger charge is -2.25. The highest BCUT2D eigenvalue weighted by Gasteiger charge is 2.38. The largest absolute Gasteiger partial charge is 0.419 e. The third kappa shape index (κ3) is 7.29. The number of anilines is 2. The van der Waals surface area contributed by atoms with Gasteiger partial charge in [-0.3, -0.25) is 9.78 Å². The molecule has 4 aromatic rings. The Kier molecular flexibility index (Phi) is 9.59. The molecule has 4 rings (SSSR count). The Morgan fingerprint density at radius 1 is 1.00 bits per heavy atom. The van der Waals surface area contributed by atoms with Gasteiger partial charge in [0.25, 0.3) is 14.9 Å². The molecule has 0 aliphatic rings. The predicted molar refractivity (Wildman–Crippen MR) is 167 cm³/mol. The van der Waals surface area contributed by atoms with Gasteiger partial charge in [0.2, 0.25) is 0 Å². The van der Waals surface area contributed by atoms with Crippen LogP contribution in [0.1, 0.15) is 60.7 Å². The van der Waals surface area contributed by atoms with Crippen LogP contribution in [0.4, 0.5) is 24.5 Å². The maximum absolute atomic E-state index is 14.1. The highest BCUT2D eigenvalue weighted by Crippen LogP contribution is 2.45. The first-order valence-corrected chi connectivity index (χ1v) is 15.5. The molecule has 42 heavy (non-hydrogen) atoms. The number of pyridine rings is 1. The number of nitrogens with two attached hydrogens (primary N) is 1. The number of nitrogens with zero attached hydrogens (tertiary/aromatic N) is 1. The molecule has 0 fully saturated rings. The van der Waals surface area contributed by atoms with Crippen LogP contribution in [0.5, 0.6) is 0 Å². The highest BCUT2D eigenvalue weighted by atomic mass is 79.9. The zero-order chi connectivity index (χ0) is 30.7. The number of halogens is 4. The van der Waals surface area contributed by atoms with Gasteiger partial charge in [-0.15, -0.1) is 0 Å². The van der Waals surface area contributed by atoms with Gasteiger partial charge in [0.1, 0.15) is 0 Å². The fourth-order valence-electron chi connectivity index (χ4n) is 4.59. The normalized spacial score (nSPS) is 12.8. The summed E-state index contributed by atoms with van der Waals surface area (Å²) in [5.41, 5.74) is 6.29. The lowest BCUT2D eigenvalue weighted by atomic mass is 9.87. The van der Waals surface area contributed by atoms with Crippen LogP contribution >= 0.6 is 15.9 Å². The van der Waals surface area contributed by atoms with E-state index >= 15 is 0 Å². The van der Waals surface area contributed by atoms with Crippen LogP contribution in [0.2, 0.25) is 0 Å². The van der Waals surface area contributed by atoms with Gasteiger partial charge in [-0.25, -0.2) is 0 Å². The first-order valence-electron chi connectivity index (χ1n) is 13.3. The number of hydrogen-bond acceptors (Lipinski definition) is 4. The molecule has 0 saturated heterocycles. The maximum Gasteiger partial charge on any atom is 0.419 e. The summed E-state index contributed by atoms with van der Waals surface area (Å²) in [7, 11) is -1.76. The van der Waals surface area contributed by atoms with Gasteiger partial charge < -0.3 is 15.5 Å². The highest BCUT2D eigenvalue weighted by molar-refractivity contribution is 9.10. The third-order valence-corrected chi connectivity index (χ3v) is 9.82. The van der Waals surface area contributed by atoms with E-state index in [0.29, 0.717) is 5.56 Å². The number of carbonyl (C=O) groups excluding carboxylic acids is 1. The van der Waals surface area contributed by atoms with E-state index in [1.165, 1.54) is 30.1 Å². The maximum atomic E-state index is 14.1. The predicted octanol–water partition coefficient (Wildman–Crippen LogP) is 6.92. The summed E-state index contributed by atoms with van der Waals surface area (Å²) in [6, 6.07) is 22.3. The van der Waals surface area contributed by atoms with Crippen LogP contribution < -0.4 is 21.4 Å². The lowest BCUT2D eigenvalue weighted by molar-refractivity contribution is -0.137. The molecule has 1 unspecified atom stereocenters.